The van der Waals surface area contributed by atoms with E-state index in [1.807, 2.05) is 25.1 Å². The Morgan fingerprint density at radius 1 is 1.19 bits per heavy atom. The summed E-state index contributed by atoms with van der Waals surface area (Å²) >= 11 is 6.01. The van der Waals surface area contributed by atoms with Crippen LogP contribution in [0.5, 0.6) is 5.88 Å². The Balaban J connectivity index is 1.70. The van der Waals surface area contributed by atoms with Gasteiger partial charge in [-0.2, -0.15) is 0 Å². The molecular weight excluding hydrogens is 428 g/mol. The van der Waals surface area contributed by atoms with Crippen molar-refractivity contribution in [3.8, 4) is 5.88 Å². The van der Waals surface area contributed by atoms with Crippen molar-refractivity contribution in [2.24, 2.45) is 16.1 Å². The first-order valence-corrected chi connectivity index (χ1v) is 10.9. The van der Waals surface area contributed by atoms with Crippen molar-refractivity contribution in [2.75, 3.05) is 6.54 Å². The van der Waals surface area contributed by atoms with Gasteiger partial charge in [-0.15, -0.1) is 10.2 Å². The van der Waals surface area contributed by atoms with Crippen molar-refractivity contribution in [3.63, 3.8) is 0 Å². The Kier molecular flexibility index (Phi) is 7.64. The summed E-state index contributed by atoms with van der Waals surface area (Å²) in [7, 11) is 0. The molecule has 0 bridgehead atoms. The maximum atomic E-state index is 12.2. The highest BCUT2D eigenvalue weighted by atomic mass is 35.5. The largest absolute Gasteiger partial charge is 0.493 e. The molecule has 0 radical (unpaired) electrons. The third-order valence-electron chi connectivity index (χ3n) is 5.10. The summed E-state index contributed by atoms with van der Waals surface area (Å²) < 4.78 is 1.80. The molecule has 32 heavy (non-hydrogen) atoms. The summed E-state index contributed by atoms with van der Waals surface area (Å²) in [5, 5.41) is 22.3. The molecule has 0 aliphatic carbocycles. The van der Waals surface area contributed by atoms with Crippen molar-refractivity contribution in [3.05, 3.63) is 58.6 Å². The number of rotatable bonds is 8. The van der Waals surface area contributed by atoms with Gasteiger partial charge >= 0.3 is 0 Å². The van der Waals surface area contributed by atoms with E-state index in [2.05, 4.69) is 29.4 Å². The Morgan fingerprint density at radius 3 is 2.66 bits per heavy atom. The first kappa shape index (κ1) is 23.5. The second kappa shape index (κ2) is 10.4. The fourth-order valence-electron chi connectivity index (χ4n) is 3.33. The number of azo groups is 1. The van der Waals surface area contributed by atoms with Crippen LogP contribution in [0.4, 0.5) is 5.69 Å². The number of aromatic nitrogens is 1. The van der Waals surface area contributed by atoms with Gasteiger partial charge in [0, 0.05) is 24.9 Å². The summed E-state index contributed by atoms with van der Waals surface area (Å²) in [5.74, 6) is -0.388. The van der Waals surface area contributed by atoms with E-state index in [0.29, 0.717) is 23.0 Å². The summed E-state index contributed by atoms with van der Waals surface area (Å²) in [5.41, 5.74) is 2.49. The first-order valence-electron chi connectivity index (χ1n) is 10.6. The number of fused-ring (bicyclic) bond motifs is 1. The molecule has 2 amide bonds. The monoisotopic (exact) mass is 454 g/mol. The zero-order chi connectivity index (χ0) is 23.3. The number of aryl methyl sites for hydroxylation is 2. The molecule has 7 nitrogen and oxygen atoms in total. The Labute approximate surface area is 192 Å². The van der Waals surface area contributed by atoms with E-state index in [-0.39, 0.29) is 30.4 Å². The lowest BCUT2D eigenvalue weighted by atomic mass is 10.1. The van der Waals surface area contributed by atoms with Crippen LogP contribution in [0.25, 0.3) is 10.9 Å². The zero-order valence-electron chi connectivity index (χ0n) is 18.4. The predicted octanol–water partition coefficient (Wildman–Crippen LogP) is 5.79. The molecule has 3 rings (SSSR count). The van der Waals surface area contributed by atoms with Crippen LogP contribution in [0, 0.1) is 12.8 Å². The normalized spacial score (nSPS) is 11.5. The van der Waals surface area contributed by atoms with E-state index in [1.165, 1.54) is 0 Å². The summed E-state index contributed by atoms with van der Waals surface area (Å²) in [6.45, 7) is 6.94. The predicted molar refractivity (Wildman–Crippen MR) is 126 cm³/mol. The van der Waals surface area contributed by atoms with Crippen LogP contribution in [0.3, 0.4) is 0 Å². The molecule has 0 aliphatic rings. The van der Waals surface area contributed by atoms with Gasteiger partial charge in [0.25, 0.3) is 11.8 Å². The quantitative estimate of drug-likeness (QED) is 0.422. The molecule has 3 aromatic rings. The minimum Gasteiger partial charge on any atom is -0.493 e. The van der Waals surface area contributed by atoms with E-state index in [4.69, 9.17) is 11.6 Å². The van der Waals surface area contributed by atoms with E-state index in [1.54, 1.807) is 28.8 Å². The average Bonchev–Trinajstić information content (AvgIpc) is 3.00. The number of halogens is 1. The van der Waals surface area contributed by atoms with Gasteiger partial charge in [0.2, 0.25) is 5.88 Å². The molecule has 2 N–H and O–H groups in total. The van der Waals surface area contributed by atoms with Crippen LogP contribution < -0.4 is 5.32 Å². The van der Waals surface area contributed by atoms with Gasteiger partial charge in [-0.05, 0) is 43.5 Å². The highest BCUT2D eigenvalue weighted by molar-refractivity contribution is 6.33. The topological polar surface area (TPSA) is 96.1 Å². The Hall–Kier alpha value is -3.19. The lowest BCUT2D eigenvalue weighted by Crippen LogP contribution is -2.25. The molecular formula is C24H27ClN4O3. The second-order valence-electron chi connectivity index (χ2n) is 8.11. The number of hydrogen-bond donors (Lipinski definition) is 2. The highest BCUT2D eigenvalue weighted by Gasteiger charge is 2.17. The minimum atomic E-state index is -0.500. The maximum absolute atomic E-state index is 12.2. The minimum absolute atomic E-state index is 0.00479. The molecule has 0 fully saturated rings. The third kappa shape index (κ3) is 5.53. The lowest BCUT2D eigenvalue weighted by Gasteiger charge is -2.09. The van der Waals surface area contributed by atoms with Crippen LogP contribution >= 0.6 is 11.6 Å². The van der Waals surface area contributed by atoms with Gasteiger partial charge in [0.15, 0.2) is 5.69 Å². The number of amides is 2. The highest BCUT2D eigenvalue weighted by Crippen LogP contribution is 2.39. The molecule has 0 spiro atoms. The fraction of sp³-hybridized carbons (Fsp3) is 0.333. The number of hydrogen-bond acceptors (Lipinski definition) is 4. The number of carbonyl (C=O) groups excluding carboxylic acids is 2. The molecule has 0 aliphatic heterocycles. The zero-order valence-corrected chi connectivity index (χ0v) is 19.2. The van der Waals surface area contributed by atoms with Crippen LogP contribution in [-0.4, -0.2) is 28.0 Å². The average molecular weight is 455 g/mol. The van der Waals surface area contributed by atoms with Crippen molar-refractivity contribution < 1.29 is 14.7 Å². The van der Waals surface area contributed by atoms with Crippen molar-refractivity contribution in [1.82, 2.24) is 9.88 Å². The van der Waals surface area contributed by atoms with Gasteiger partial charge in [-0.25, -0.2) is 0 Å². The van der Waals surface area contributed by atoms with Gasteiger partial charge in [-0.1, -0.05) is 49.2 Å². The molecule has 1 aromatic heterocycles. The smallest absolute Gasteiger partial charge is 0.266 e. The van der Waals surface area contributed by atoms with Crippen LogP contribution in [0.2, 0.25) is 5.02 Å². The third-order valence-corrected chi connectivity index (χ3v) is 5.43. The van der Waals surface area contributed by atoms with E-state index in [0.717, 1.165) is 22.9 Å². The Morgan fingerprint density at radius 2 is 1.94 bits per heavy atom. The number of benzene rings is 2. The molecule has 0 atom stereocenters. The molecule has 0 saturated heterocycles. The first-order chi connectivity index (χ1) is 15.3. The van der Waals surface area contributed by atoms with Crippen molar-refractivity contribution >= 4 is 40.0 Å². The molecule has 0 unspecified atom stereocenters. The van der Waals surface area contributed by atoms with Gasteiger partial charge in [-0.3, -0.25) is 9.59 Å². The van der Waals surface area contributed by atoms with Gasteiger partial charge < -0.3 is 15.0 Å². The van der Waals surface area contributed by atoms with Crippen LogP contribution in [0.1, 0.15) is 42.6 Å². The standard InChI is InChI=1S/C24H27ClN4O3/c1-15(2)11-13-29-20-9-8-16(3)14-18(20)22(24(29)32)28-27-21(30)10-12-26-23(31)17-6-4-5-7-19(17)25/h4-9,14-15,32H,10-13H2,1-3H3,(H,26,31). The number of nitrogens with zero attached hydrogens (tertiary/aromatic N) is 3. The molecule has 0 saturated carbocycles. The number of nitrogens with one attached hydrogen (secondary N) is 1. The van der Waals surface area contributed by atoms with E-state index >= 15 is 0 Å². The summed E-state index contributed by atoms with van der Waals surface area (Å²) in [6, 6.07) is 12.5. The maximum Gasteiger partial charge on any atom is 0.266 e. The molecule has 1 heterocycles. The second-order valence-corrected chi connectivity index (χ2v) is 8.51. The van der Waals surface area contributed by atoms with Crippen LogP contribution in [-0.2, 0) is 11.3 Å². The summed E-state index contributed by atoms with van der Waals surface area (Å²) in [6.07, 6.45) is 0.872. The van der Waals surface area contributed by atoms with Crippen molar-refractivity contribution in [2.45, 2.75) is 40.2 Å². The lowest BCUT2D eigenvalue weighted by molar-refractivity contribution is -0.118. The molecule has 2 aromatic carbocycles. The van der Waals surface area contributed by atoms with Crippen LogP contribution in [0.15, 0.2) is 52.7 Å². The summed E-state index contributed by atoms with van der Waals surface area (Å²) in [4.78, 5) is 24.4. The Bertz CT molecular complexity index is 1170. The van der Waals surface area contributed by atoms with Crippen molar-refractivity contribution in [1.29, 1.82) is 0 Å². The van der Waals surface area contributed by atoms with E-state index in [9.17, 15) is 14.7 Å². The molecule has 8 heteroatoms. The van der Waals surface area contributed by atoms with E-state index < -0.39 is 5.91 Å². The van der Waals surface area contributed by atoms with Gasteiger partial charge in [0.1, 0.15) is 0 Å². The number of aromatic hydroxyl groups is 1. The fourth-order valence-corrected chi connectivity index (χ4v) is 3.55. The SMILES string of the molecule is Cc1ccc2c(c1)c(N=NC(=O)CCNC(=O)c1ccccc1Cl)c(O)n2CCC(C)C. The number of carbonyl (C=O) groups is 2. The molecule has 168 valence electrons. The van der Waals surface area contributed by atoms with Gasteiger partial charge in [0.05, 0.1) is 16.1 Å².